The van der Waals surface area contributed by atoms with Crippen LogP contribution in [0.1, 0.15) is 34.7 Å². The summed E-state index contributed by atoms with van der Waals surface area (Å²) in [5, 5.41) is 0.379. The lowest BCUT2D eigenvalue weighted by Gasteiger charge is -2.28. The highest BCUT2D eigenvalue weighted by atomic mass is 16.5. The largest absolute Gasteiger partial charge is 0.378 e. The Kier molecular flexibility index (Phi) is 6.47. The third-order valence-electron chi connectivity index (χ3n) is 6.24. The number of hydrogen-bond acceptors (Lipinski definition) is 5. The van der Waals surface area contributed by atoms with Crippen LogP contribution in [-0.4, -0.2) is 47.0 Å². The van der Waals surface area contributed by atoms with Crippen LogP contribution in [0.5, 0.6) is 0 Å². The first-order valence-electron chi connectivity index (χ1n) is 11.8. The quantitative estimate of drug-likeness (QED) is 0.245. The molecule has 0 atom stereocenters. The van der Waals surface area contributed by atoms with E-state index in [0.717, 1.165) is 30.8 Å². The second kappa shape index (κ2) is 10.00. The molecular weight excluding hydrogens is 440 g/mol. The van der Waals surface area contributed by atoms with E-state index in [2.05, 4.69) is 25.8 Å². The van der Waals surface area contributed by atoms with E-state index < -0.39 is 0 Å². The number of ether oxygens (including phenoxy) is 1. The van der Waals surface area contributed by atoms with Crippen LogP contribution in [0.25, 0.3) is 22.2 Å². The number of aromatic amines is 2. The molecule has 7 heteroatoms. The Morgan fingerprint density at radius 2 is 1.80 bits per heavy atom. The first-order chi connectivity index (χ1) is 17.2. The van der Waals surface area contributed by atoms with Crippen molar-refractivity contribution in [1.82, 2.24) is 15.0 Å². The number of nitrogens with one attached hydrogen (secondary N) is 2. The summed E-state index contributed by atoms with van der Waals surface area (Å²) in [5.74, 6) is 2.96. The summed E-state index contributed by atoms with van der Waals surface area (Å²) in [4.78, 5) is 39.7. The van der Waals surface area contributed by atoms with Crippen LogP contribution >= 0.6 is 0 Å². The predicted molar refractivity (Wildman–Crippen MR) is 137 cm³/mol. The van der Waals surface area contributed by atoms with Gasteiger partial charge in [0.25, 0.3) is 5.56 Å². The van der Waals surface area contributed by atoms with E-state index >= 15 is 0 Å². The SMILES string of the molecule is C#CCCCc1nc2[nH]c(C(=O)c3ccccc3)c(-c3ccc(N4CCOCC4)cc3)c2c(=O)[nH]1. The van der Waals surface area contributed by atoms with Gasteiger partial charge in [-0.2, -0.15) is 0 Å². The fourth-order valence-electron chi connectivity index (χ4n) is 4.48. The zero-order valence-electron chi connectivity index (χ0n) is 19.3. The molecular formula is C28H26N4O3. The smallest absolute Gasteiger partial charge is 0.261 e. The summed E-state index contributed by atoms with van der Waals surface area (Å²) in [5.41, 5.74) is 3.43. The molecule has 2 N–H and O–H groups in total. The van der Waals surface area contributed by atoms with Crippen molar-refractivity contribution in [2.24, 2.45) is 0 Å². The number of H-pyrrole nitrogens is 2. The molecule has 0 radical (unpaired) electrons. The van der Waals surface area contributed by atoms with E-state index in [1.807, 2.05) is 42.5 Å². The van der Waals surface area contributed by atoms with Crippen molar-refractivity contribution in [3.05, 3.63) is 82.0 Å². The molecule has 0 unspecified atom stereocenters. The maximum absolute atomic E-state index is 13.5. The van der Waals surface area contributed by atoms with Crippen molar-refractivity contribution < 1.29 is 9.53 Å². The highest BCUT2D eigenvalue weighted by Crippen LogP contribution is 2.33. The summed E-state index contributed by atoms with van der Waals surface area (Å²) >= 11 is 0. The summed E-state index contributed by atoms with van der Waals surface area (Å²) in [6.07, 6.45) is 7.23. The number of fused-ring (bicyclic) bond motifs is 1. The number of rotatable bonds is 7. The van der Waals surface area contributed by atoms with Crippen LogP contribution in [0.3, 0.4) is 0 Å². The first kappa shape index (κ1) is 22.6. The second-order valence-electron chi connectivity index (χ2n) is 8.51. The number of aromatic nitrogens is 3. The van der Waals surface area contributed by atoms with Gasteiger partial charge in [-0.1, -0.05) is 42.5 Å². The van der Waals surface area contributed by atoms with Gasteiger partial charge in [0.1, 0.15) is 11.5 Å². The lowest BCUT2D eigenvalue weighted by molar-refractivity contribution is 0.103. The molecule has 2 aromatic carbocycles. The summed E-state index contributed by atoms with van der Waals surface area (Å²) < 4.78 is 5.45. The number of anilines is 1. The van der Waals surface area contributed by atoms with Crippen LogP contribution in [0.4, 0.5) is 5.69 Å². The van der Waals surface area contributed by atoms with Gasteiger partial charge in [0.05, 0.1) is 24.3 Å². The van der Waals surface area contributed by atoms with Crippen molar-refractivity contribution in [2.75, 3.05) is 31.2 Å². The number of carbonyl (C=O) groups is 1. The molecule has 0 saturated carbocycles. The van der Waals surface area contributed by atoms with Crippen molar-refractivity contribution >= 4 is 22.5 Å². The highest BCUT2D eigenvalue weighted by Gasteiger charge is 2.24. The lowest BCUT2D eigenvalue weighted by atomic mass is 9.98. The molecule has 1 aliphatic rings. The van der Waals surface area contributed by atoms with Gasteiger partial charge in [0.15, 0.2) is 0 Å². The maximum atomic E-state index is 13.5. The fraction of sp³-hybridized carbons (Fsp3) is 0.250. The van der Waals surface area contributed by atoms with Gasteiger partial charge in [0, 0.05) is 42.7 Å². The van der Waals surface area contributed by atoms with E-state index in [4.69, 9.17) is 11.2 Å². The Labute approximate surface area is 203 Å². The van der Waals surface area contributed by atoms with Crippen LogP contribution in [0.15, 0.2) is 59.4 Å². The number of nitrogens with zero attached hydrogens (tertiary/aromatic N) is 2. The number of hydrogen-bond donors (Lipinski definition) is 2. The predicted octanol–water partition coefficient (Wildman–Crippen LogP) is 3.94. The monoisotopic (exact) mass is 466 g/mol. The summed E-state index contributed by atoms with van der Waals surface area (Å²) in [6.45, 7) is 3.06. The number of terminal acetylenes is 1. The minimum atomic E-state index is -0.277. The van der Waals surface area contributed by atoms with Gasteiger partial charge in [-0.3, -0.25) is 9.59 Å². The normalized spacial score (nSPS) is 13.6. The zero-order valence-corrected chi connectivity index (χ0v) is 19.3. The Bertz CT molecular complexity index is 1440. The third kappa shape index (κ3) is 4.61. The van der Waals surface area contributed by atoms with E-state index in [1.54, 1.807) is 12.1 Å². The Morgan fingerprint density at radius 1 is 1.06 bits per heavy atom. The molecule has 0 amide bonds. The first-order valence-corrected chi connectivity index (χ1v) is 11.8. The zero-order chi connectivity index (χ0) is 24.2. The fourth-order valence-corrected chi connectivity index (χ4v) is 4.48. The minimum absolute atomic E-state index is 0.191. The molecule has 1 saturated heterocycles. The minimum Gasteiger partial charge on any atom is -0.378 e. The molecule has 0 spiro atoms. The second-order valence-corrected chi connectivity index (χ2v) is 8.51. The van der Waals surface area contributed by atoms with Gasteiger partial charge >= 0.3 is 0 Å². The number of unbranched alkanes of at least 4 members (excludes halogenated alkanes) is 1. The molecule has 1 aliphatic heterocycles. The van der Waals surface area contributed by atoms with E-state index in [1.165, 1.54) is 0 Å². The van der Waals surface area contributed by atoms with Gasteiger partial charge in [-0.25, -0.2) is 4.98 Å². The summed E-state index contributed by atoms with van der Waals surface area (Å²) in [7, 11) is 0. The van der Waals surface area contributed by atoms with E-state index in [9.17, 15) is 9.59 Å². The van der Waals surface area contributed by atoms with Gasteiger partial charge in [-0.15, -0.1) is 12.3 Å². The van der Waals surface area contributed by atoms with Crippen LogP contribution in [-0.2, 0) is 11.2 Å². The highest BCUT2D eigenvalue weighted by molar-refractivity contribution is 6.16. The Balaban J connectivity index is 1.62. The van der Waals surface area contributed by atoms with Crippen LogP contribution in [0, 0.1) is 12.3 Å². The number of ketones is 1. The van der Waals surface area contributed by atoms with Crippen molar-refractivity contribution in [1.29, 1.82) is 0 Å². The number of carbonyl (C=O) groups excluding carboxylic acids is 1. The topological polar surface area (TPSA) is 91.1 Å². The van der Waals surface area contributed by atoms with Crippen molar-refractivity contribution in [2.45, 2.75) is 19.3 Å². The molecule has 4 aromatic rings. The van der Waals surface area contributed by atoms with E-state index in [0.29, 0.717) is 59.7 Å². The standard InChI is InChI=1S/C28H26N4O3/c1-2-3-5-10-22-29-27-24(28(34)30-22)23(25(31-27)26(33)20-8-6-4-7-9-20)19-11-13-21(14-12-19)32-15-17-35-18-16-32/h1,4,6-9,11-14H,3,5,10,15-18H2,(H2,29,30,31,34). The van der Waals surface area contributed by atoms with Gasteiger partial charge in [0.2, 0.25) is 5.78 Å². The van der Waals surface area contributed by atoms with Gasteiger partial charge < -0.3 is 19.6 Å². The lowest BCUT2D eigenvalue weighted by Crippen LogP contribution is -2.36. The molecule has 1 fully saturated rings. The average molecular weight is 467 g/mol. The molecule has 2 aromatic heterocycles. The number of benzene rings is 2. The Hall–Kier alpha value is -4.15. The van der Waals surface area contributed by atoms with E-state index in [-0.39, 0.29) is 11.3 Å². The molecule has 0 bridgehead atoms. The molecule has 3 heterocycles. The molecule has 0 aliphatic carbocycles. The third-order valence-corrected chi connectivity index (χ3v) is 6.24. The van der Waals surface area contributed by atoms with Gasteiger partial charge in [-0.05, 0) is 24.1 Å². The molecule has 176 valence electrons. The number of aryl methyl sites for hydroxylation is 1. The van der Waals surface area contributed by atoms with Crippen molar-refractivity contribution in [3.8, 4) is 23.5 Å². The molecule has 35 heavy (non-hydrogen) atoms. The van der Waals surface area contributed by atoms with Crippen LogP contribution in [0.2, 0.25) is 0 Å². The maximum Gasteiger partial charge on any atom is 0.261 e. The van der Waals surface area contributed by atoms with Crippen LogP contribution < -0.4 is 10.5 Å². The number of morpholine rings is 1. The Morgan fingerprint density at radius 3 is 2.51 bits per heavy atom. The molecule has 5 rings (SSSR count). The average Bonchev–Trinajstić information content (AvgIpc) is 3.29. The molecule has 7 nitrogen and oxygen atoms in total. The van der Waals surface area contributed by atoms with Crippen molar-refractivity contribution in [3.63, 3.8) is 0 Å². The summed E-state index contributed by atoms with van der Waals surface area (Å²) in [6, 6.07) is 17.0.